The number of rotatable bonds is 4. The summed E-state index contributed by atoms with van der Waals surface area (Å²) >= 11 is 0. The number of carbonyl (C=O) groups is 6. The van der Waals surface area contributed by atoms with Gasteiger partial charge in [0, 0.05) is 49.4 Å². The van der Waals surface area contributed by atoms with Crippen molar-refractivity contribution in [2.75, 3.05) is 0 Å². The number of carbonyl (C=O) groups excluding carboxylic acids is 6. The fourth-order valence-electron chi connectivity index (χ4n) is 16.8. The van der Waals surface area contributed by atoms with Crippen molar-refractivity contribution in [2.45, 2.75) is 149 Å². The predicted molar refractivity (Wildman–Crippen MR) is 199 cm³/mol. The zero-order valence-electron chi connectivity index (χ0n) is 33.3. The molecule has 8 nitrogen and oxygen atoms in total. The van der Waals surface area contributed by atoms with Crippen LogP contribution in [0.15, 0.2) is 22.8 Å². The number of ether oxygens (including phenoxy) is 2. The molecule has 0 saturated heterocycles. The van der Waals surface area contributed by atoms with Crippen molar-refractivity contribution in [3.63, 3.8) is 0 Å². The van der Waals surface area contributed by atoms with Gasteiger partial charge in [-0.15, -0.1) is 0 Å². The first-order valence-corrected chi connectivity index (χ1v) is 21.5. The molecule has 0 heterocycles. The Morgan fingerprint density at radius 1 is 0.722 bits per heavy atom. The molecule has 15 atom stereocenters. The summed E-state index contributed by atoms with van der Waals surface area (Å²) in [4.78, 5) is 80.0. The van der Waals surface area contributed by atoms with Crippen molar-refractivity contribution in [3.8, 4) is 0 Å². The third-order valence-corrected chi connectivity index (χ3v) is 18.3. The summed E-state index contributed by atoms with van der Waals surface area (Å²) in [7, 11) is 0. The lowest BCUT2D eigenvalue weighted by Gasteiger charge is -2.64. The van der Waals surface area contributed by atoms with Crippen molar-refractivity contribution < 1.29 is 38.2 Å². The summed E-state index contributed by atoms with van der Waals surface area (Å²) in [6.45, 7) is 10.5. The van der Waals surface area contributed by atoms with Gasteiger partial charge in [0.05, 0.1) is 0 Å². The molecule has 54 heavy (non-hydrogen) atoms. The molecule has 8 heteroatoms. The minimum atomic E-state index is -1.08. The van der Waals surface area contributed by atoms with Crippen molar-refractivity contribution in [2.24, 2.45) is 75.9 Å². The minimum Gasteiger partial charge on any atom is -0.451 e. The van der Waals surface area contributed by atoms with Gasteiger partial charge in [0.2, 0.25) is 0 Å². The van der Waals surface area contributed by atoms with E-state index in [1.807, 2.05) is 6.08 Å². The van der Waals surface area contributed by atoms with Crippen LogP contribution in [0, 0.1) is 75.9 Å². The first-order chi connectivity index (χ1) is 25.6. The number of Topliss-reactive ketones (excluding diaryl/α,β-unsaturated/α-hetero) is 3. The molecule has 9 aliphatic rings. The summed E-state index contributed by atoms with van der Waals surface area (Å²) in [5.74, 6) is 2.28. The molecule has 9 aliphatic carbocycles. The Morgan fingerprint density at radius 3 is 2.15 bits per heavy atom. The van der Waals surface area contributed by atoms with E-state index in [1.54, 1.807) is 13.8 Å². The predicted octanol–water partition coefficient (Wildman–Crippen LogP) is 7.89. The van der Waals surface area contributed by atoms with Gasteiger partial charge in [-0.2, -0.15) is 0 Å². The molecule has 0 radical (unpaired) electrons. The van der Waals surface area contributed by atoms with E-state index in [9.17, 15) is 28.8 Å². The molecule has 0 amide bonds. The summed E-state index contributed by atoms with van der Waals surface area (Å²) in [6.07, 6.45) is 14.0. The van der Waals surface area contributed by atoms with E-state index >= 15 is 0 Å². The van der Waals surface area contributed by atoms with Crippen LogP contribution in [0.25, 0.3) is 0 Å². The Hall–Kier alpha value is -2.90. The van der Waals surface area contributed by atoms with Crippen LogP contribution in [0.5, 0.6) is 0 Å². The normalized spacial score (nSPS) is 48.7. The van der Waals surface area contributed by atoms with Crippen LogP contribution in [-0.4, -0.2) is 46.3 Å². The molecule has 1 unspecified atom stereocenters. The van der Waals surface area contributed by atoms with Gasteiger partial charge in [-0.25, -0.2) is 0 Å². The average molecular weight is 741 g/mol. The number of hydrogen-bond donors (Lipinski definition) is 0. The maximum atomic E-state index is 14.8. The Bertz CT molecular complexity index is 1800. The molecule has 9 rings (SSSR count). The highest BCUT2D eigenvalue weighted by atomic mass is 16.6. The van der Waals surface area contributed by atoms with Gasteiger partial charge in [-0.3, -0.25) is 28.8 Å². The minimum absolute atomic E-state index is 0.0322. The van der Waals surface area contributed by atoms with E-state index in [1.165, 1.54) is 30.6 Å². The van der Waals surface area contributed by atoms with E-state index in [-0.39, 0.29) is 58.8 Å². The van der Waals surface area contributed by atoms with Gasteiger partial charge in [0.25, 0.3) is 0 Å². The van der Waals surface area contributed by atoms with Crippen molar-refractivity contribution in [1.82, 2.24) is 0 Å². The SMILES string of the molecule is CC(=O)O[C@]1(C(C)=O)CC[C@@H]2C1[C@H](C)C[C@H]1[C@H]2C[C@]2(CCC3=C4[C@H]2C(=O)CC[C@@H]4[C@H]2CC[C@@]4(C)[C@@H](CC[C@]4(OC(C)=O)C(C)=O)[C@@H]2C3)C2=CC(=O)CC[C@@H]21. The van der Waals surface area contributed by atoms with Gasteiger partial charge < -0.3 is 9.47 Å². The molecule has 0 N–H and O–H groups in total. The van der Waals surface area contributed by atoms with E-state index in [0.29, 0.717) is 61.1 Å². The summed E-state index contributed by atoms with van der Waals surface area (Å²) in [5, 5.41) is 0. The number of ketones is 4. The molecule has 6 saturated carbocycles. The smallest absolute Gasteiger partial charge is 0.303 e. The van der Waals surface area contributed by atoms with Crippen LogP contribution in [0.4, 0.5) is 0 Å². The van der Waals surface area contributed by atoms with Crippen LogP contribution < -0.4 is 0 Å². The molecular weight excluding hydrogens is 680 g/mol. The first-order valence-electron chi connectivity index (χ1n) is 21.5. The van der Waals surface area contributed by atoms with E-state index < -0.39 is 28.0 Å². The molecule has 0 aromatic heterocycles. The molecule has 0 aliphatic heterocycles. The second kappa shape index (κ2) is 12.3. The topological polar surface area (TPSA) is 121 Å². The second-order valence-electron chi connectivity index (χ2n) is 20.1. The lowest BCUT2D eigenvalue weighted by atomic mass is 9.39. The number of fused-ring (bicyclic) bond motifs is 11. The van der Waals surface area contributed by atoms with Crippen LogP contribution in [0.1, 0.15) is 138 Å². The van der Waals surface area contributed by atoms with Gasteiger partial charge >= 0.3 is 11.9 Å². The number of esters is 2. The van der Waals surface area contributed by atoms with E-state index in [4.69, 9.17) is 9.47 Å². The summed E-state index contributed by atoms with van der Waals surface area (Å²) in [5.41, 5.74) is 1.21. The van der Waals surface area contributed by atoms with Crippen LogP contribution in [0.2, 0.25) is 0 Å². The first kappa shape index (κ1) is 36.7. The van der Waals surface area contributed by atoms with Crippen molar-refractivity contribution in [1.29, 1.82) is 0 Å². The highest BCUT2D eigenvalue weighted by Gasteiger charge is 2.70. The molecular formula is C46H60O8. The average Bonchev–Trinajstić information content (AvgIpc) is 3.64. The standard InChI is InChI=1S/C46H60O8/c1-23-19-34-31-8-7-29(51)21-38(31)44(22-36(34)33-13-17-45(24(2)47,41(23)33)53-26(4)49)16-11-28-20-35-30(32-9-10-39(52)42(44)40(28)32)12-15-43(6)37(35)14-18-46(43,25(3)48)54-27(5)50/h21,23,30-37,41-42H,7-20,22H2,1-6H3/t23-,30-,31-,32-,33+,34-,35-,36+,37+,41?,42-,43+,44-,45+,46+/m1/s1. The lowest BCUT2D eigenvalue weighted by molar-refractivity contribution is -0.185. The zero-order valence-corrected chi connectivity index (χ0v) is 33.3. The highest BCUT2D eigenvalue weighted by Crippen LogP contribution is 2.73. The van der Waals surface area contributed by atoms with Gasteiger partial charge in [-0.1, -0.05) is 30.6 Å². The van der Waals surface area contributed by atoms with Crippen LogP contribution in [-0.2, 0) is 38.2 Å². The maximum Gasteiger partial charge on any atom is 0.303 e. The third kappa shape index (κ3) is 4.72. The Morgan fingerprint density at radius 2 is 1.44 bits per heavy atom. The zero-order chi connectivity index (χ0) is 38.3. The third-order valence-electron chi connectivity index (χ3n) is 18.3. The van der Waals surface area contributed by atoms with Gasteiger partial charge in [-0.05, 0) is 157 Å². The quantitative estimate of drug-likeness (QED) is 0.211. The number of allylic oxidation sites excluding steroid dienone is 3. The van der Waals surface area contributed by atoms with E-state index in [0.717, 1.165) is 70.6 Å². The van der Waals surface area contributed by atoms with Crippen molar-refractivity contribution >= 4 is 35.1 Å². The largest absolute Gasteiger partial charge is 0.451 e. The fourth-order valence-corrected chi connectivity index (χ4v) is 16.8. The van der Waals surface area contributed by atoms with E-state index in [2.05, 4.69) is 13.8 Å². The lowest BCUT2D eigenvalue weighted by Crippen LogP contribution is -2.60. The number of hydrogen-bond acceptors (Lipinski definition) is 8. The molecule has 1 spiro atoms. The maximum absolute atomic E-state index is 14.8. The van der Waals surface area contributed by atoms with Gasteiger partial charge in [0.1, 0.15) is 5.78 Å². The van der Waals surface area contributed by atoms with Crippen LogP contribution >= 0.6 is 0 Å². The fraction of sp³-hybridized carbons (Fsp3) is 0.783. The van der Waals surface area contributed by atoms with Crippen LogP contribution in [0.3, 0.4) is 0 Å². The van der Waals surface area contributed by atoms with Gasteiger partial charge in [0.15, 0.2) is 28.6 Å². The van der Waals surface area contributed by atoms with Crippen molar-refractivity contribution in [3.05, 3.63) is 22.8 Å². The highest BCUT2D eigenvalue weighted by molar-refractivity contribution is 5.93. The molecule has 0 bridgehead atoms. The molecule has 0 aromatic rings. The monoisotopic (exact) mass is 740 g/mol. The Labute approximate surface area is 320 Å². The summed E-state index contributed by atoms with van der Waals surface area (Å²) in [6, 6.07) is 0. The second-order valence-corrected chi connectivity index (χ2v) is 20.1. The molecule has 292 valence electrons. The molecule has 0 aromatic carbocycles. The Balaban J connectivity index is 1.11. The Kier molecular flexibility index (Phi) is 8.36. The molecule has 6 fully saturated rings. The summed E-state index contributed by atoms with van der Waals surface area (Å²) < 4.78 is 12.1.